The molecule has 2 aromatic carbocycles. The number of hydrogen-bond donors (Lipinski definition) is 1. The number of carbonyl (C=O) groups is 1. The topological polar surface area (TPSA) is 75.7 Å². The highest BCUT2D eigenvalue weighted by Crippen LogP contribution is 2.21. The molecule has 0 unspecified atom stereocenters. The van der Waals surface area contributed by atoms with Gasteiger partial charge in [-0.1, -0.05) is 29.8 Å². The van der Waals surface area contributed by atoms with Gasteiger partial charge in [0, 0.05) is 7.05 Å². The molecule has 6 nitrogen and oxygen atoms in total. The second-order valence-corrected chi connectivity index (χ2v) is 8.64. The van der Waals surface area contributed by atoms with E-state index in [1.807, 2.05) is 38.1 Å². The van der Waals surface area contributed by atoms with Gasteiger partial charge in [0.1, 0.15) is 5.75 Å². The van der Waals surface area contributed by atoms with Crippen LogP contribution in [0.5, 0.6) is 5.75 Å². The van der Waals surface area contributed by atoms with E-state index in [0.29, 0.717) is 11.4 Å². The van der Waals surface area contributed by atoms with Crippen molar-refractivity contribution in [2.45, 2.75) is 32.9 Å². The molecule has 0 saturated heterocycles. The Balaban J connectivity index is 1.96. The molecule has 0 aliphatic heterocycles. The third kappa shape index (κ3) is 5.72. The molecule has 0 radical (unpaired) electrons. The van der Waals surface area contributed by atoms with Gasteiger partial charge in [-0.2, -0.15) is 0 Å². The summed E-state index contributed by atoms with van der Waals surface area (Å²) in [6.45, 7) is 5.61. The molecule has 0 spiro atoms. The lowest BCUT2D eigenvalue weighted by Crippen LogP contribution is -2.37. The number of amides is 1. The zero-order valence-corrected chi connectivity index (χ0v) is 17.1. The van der Waals surface area contributed by atoms with Crippen molar-refractivity contribution in [2.75, 3.05) is 17.6 Å². The van der Waals surface area contributed by atoms with E-state index in [4.69, 9.17) is 4.74 Å². The van der Waals surface area contributed by atoms with E-state index in [9.17, 15) is 13.2 Å². The Morgan fingerprint density at radius 2 is 1.59 bits per heavy atom. The van der Waals surface area contributed by atoms with Crippen LogP contribution >= 0.6 is 0 Å². The monoisotopic (exact) mass is 390 g/mol. The van der Waals surface area contributed by atoms with Gasteiger partial charge in [-0.3, -0.25) is 9.10 Å². The van der Waals surface area contributed by atoms with Crippen molar-refractivity contribution in [2.24, 2.45) is 0 Å². The molecule has 2 aromatic rings. The molecule has 1 amide bonds. The van der Waals surface area contributed by atoms with Crippen molar-refractivity contribution in [3.05, 3.63) is 59.7 Å². The number of hydrogen-bond acceptors (Lipinski definition) is 4. The summed E-state index contributed by atoms with van der Waals surface area (Å²) in [6.07, 6.45) is 0.454. The van der Waals surface area contributed by atoms with Gasteiger partial charge >= 0.3 is 0 Å². The van der Waals surface area contributed by atoms with Gasteiger partial charge in [0.25, 0.3) is 5.91 Å². The summed E-state index contributed by atoms with van der Waals surface area (Å²) in [5.74, 6) is 0.270. The third-order valence-electron chi connectivity index (χ3n) is 4.32. The molecule has 1 N–H and O–H groups in total. The van der Waals surface area contributed by atoms with Crippen molar-refractivity contribution >= 4 is 21.6 Å². The Kier molecular flexibility index (Phi) is 6.49. The number of nitrogens with one attached hydrogen (secondary N) is 1. The molecule has 7 heteroatoms. The minimum absolute atomic E-state index is 0.130. The number of aryl methyl sites for hydroxylation is 1. The van der Waals surface area contributed by atoms with Crippen LogP contribution in [-0.2, 0) is 14.8 Å². The maximum atomic E-state index is 12.4. The van der Waals surface area contributed by atoms with Crippen LogP contribution in [0.3, 0.4) is 0 Å². The first kappa shape index (κ1) is 20.8. The SMILES string of the molecule is Cc1ccc([C@H](C)NC(=O)[C@@H](C)Oc2ccc(N(C)S(C)(=O)=O)cc2)cc1. The average molecular weight is 391 g/mol. The third-order valence-corrected chi connectivity index (χ3v) is 5.52. The minimum atomic E-state index is -3.32. The molecule has 0 aliphatic carbocycles. The number of carbonyl (C=O) groups excluding carboxylic acids is 1. The molecular formula is C20H26N2O4S. The van der Waals surface area contributed by atoms with E-state index in [-0.39, 0.29) is 11.9 Å². The van der Waals surface area contributed by atoms with Crippen LogP contribution in [0.2, 0.25) is 0 Å². The summed E-state index contributed by atoms with van der Waals surface area (Å²) in [5, 5.41) is 2.93. The Bertz CT molecular complexity index is 877. The molecule has 0 aliphatic rings. The highest BCUT2D eigenvalue weighted by molar-refractivity contribution is 7.92. The molecule has 27 heavy (non-hydrogen) atoms. The summed E-state index contributed by atoms with van der Waals surface area (Å²) in [7, 11) is -1.84. The zero-order valence-electron chi connectivity index (χ0n) is 16.3. The van der Waals surface area contributed by atoms with E-state index in [0.717, 1.165) is 11.8 Å². The fraction of sp³-hybridized carbons (Fsp3) is 0.350. The van der Waals surface area contributed by atoms with Crippen molar-refractivity contribution < 1.29 is 17.9 Å². The number of benzene rings is 2. The van der Waals surface area contributed by atoms with Crippen LogP contribution in [0.25, 0.3) is 0 Å². The number of ether oxygens (including phenoxy) is 1. The first-order chi connectivity index (χ1) is 12.6. The molecule has 2 rings (SSSR count). The predicted octanol–water partition coefficient (Wildman–Crippen LogP) is 3.04. The molecule has 0 aromatic heterocycles. The molecule has 0 heterocycles. The Labute approximate surface area is 161 Å². The number of sulfonamides is 1. The largest absolute Gasteiger partial charge is 0.481 e. The van der Waals surface area contributed by atoms with Gasteiger partial charge in [-0.15, -0.1) is 0 Å². The molecule has 0 bridgehead atoms. The lowest BCUT2D eigenvalue weighted by molar-refractivity contribution is -0.127. The van der Waals surface area contributed by atoms with Crippen LogP contribution < -0.4 is 14.4 Å². The van der Waals surface area contributed by atoms with E-state index in [1.54, 1.807) is 31.2 Å². The molecular weight excluding hydrogens is 364 g/mol. The zero-order chi connectivity index (χ0) is 20.2. The second-order valence-electron chi connectivity index (χ2n) is 6.63. The smallest absolute Gasteiger partial charge is 0.261 e. The first-order valence-corrected chi connectivity index (χ1v) is 10.5. The van der Waals surface area contributed by atoms with Crippen LogP contribution in [-0.4, -0.2) is 33.7 Å². The number of nitrogens with zero attached hydrogens (tertiary/aromatic N) is 1. The summed E-state index contributed by atoms with van der Waals surface area (Å²) in [6, 6.07) is 14.4. The van der Waals surface area contributed by atoms with Crippen molar-refractivity contribution in [1.82, 2.24) is 5.32 Å². The van der Waals surface area contributed by atoms with Crippen molar-refractivity contribution in [1.29, 1.82) is 0 Å². The number of anilines is 1. The summed E-state index contributed by atoms with van der Waals surface area (Å²) in [5.41, 5.74) is 2.71. The van der Waals surface area contributed by atoms with E-state index in [2.05, 4.69) is 5.32 Å². The van der Waals surface area contributed by atoms with Crippen LogP contribution in [0.15, 0.2) is 48.5 Å². The minimum Gasteiger partial charge on any atom is -0.481 e. The highest BCUT2D eigenvalue weighted by atomic mass is 32.2. The van der Waals surface area contributed by atoms with Gasteiger partial charge in [0.15, 0.2) is 6.10 Å². The Hall–Kier alpha value is -2.54. The van der Waals surface area contributed by atoms with Crippen molar-refractivity contribution in [3.63, 3.8) is 0 Å². The van der Waals surface area contributed by atoms with E-state index < -0.39 is 16.1 Å². The molecule has 0 fully saturated rings. The van der Waals surface area contributed by atoms with Gasteiger partial charge in [0.2, 0.25) is 10.0 Å². The van der Waals surface area contributed by atoms with Gasteiger partial charge in [0.05, 0.1) is 18.0 Å². The van der Waals surface area contributed by atoms with Gasteiger partial charge in [-0.25, -0.2) is 8.42 Å². The fourth-order valence-corrected chi connectivity index (χ4v) is 2.96. The lowest BCUT2D eigenvalue weighted by Gasteiger charge is -2.20. The Morgan fingerprint density at radius 3 is 2.11 bits per heavy atom. The Morgan fingerprint density at radius 1 is 1.04 bits per heavy atom. The predicted molar refractivity (Wildman–Crippen MR) is 108 cm³/mol. The molecule has 2 atom stereocenters. The van der Waals surface area contributed by atoms with Crippen LogP contribution in [0.1, 0.15) is 31.0 Å². The maximum absolute atomic E-state index is 12.4. The van der Waals surface area contributed by atoms with Gasteiger partial charge in [-0.05, 0) is 50.6 Å². The molecule has 146 valence electrons. The summed E-state index contributed by atoms with van der Waals surface area (Å²) < 4.78 is 30.0. The van der Waals surface area contributed by atoms with Crippen molar-refractivity contribution in [3.8, 4) is 5.75 Å². The quantitative estimate of drug-likeness (QED) is 0.788. The lowest BCUT2D eigenvalue weighted by atomic mass is 10.1. The van der Waals surface area contributed by atoms with Crippen LogP contribution in [0, 0.1) is 6.92 Å². The molecule has 0 saturated carbocycles. The van der Waals surface area contributed by atoms with E-state index >= 15 is 0 Å². The van der Waals surface area contributed by atoms with Crippen LogP contribution in [0.4, 0.5) is 5.69 Å². The normalized spacial score (nSPS) is 13.5. The fourth-order valence-electron chi connectivity index (χ4n) is 2.45. The summed E-state index contributed by atoms with van der Waals surface area (Å²) >= 11 is 0. The first-order valence-electron chi connectivity index (χ1n) is 8.65. The average Bonchev–Trinajstić information content (AvgIpc) is 2.61. The maximum Gasteiger partial charge on any atom is 0.261 e. The standard InChI is InChI=1S/C20H26N2O4S/c1-14-6-8-17(9-7-14)15(2)21-20(23)16(3)26-19-12-10-18(11-13-19)22(4)27(5,24)25/h6-13,15-16H,1-5H3,(H,21,23)/t15-,16+/m0/s1. The highest BCUT2D eigenvalue weighted by Gasteiger charge is 2.18. The van der Waals surface area contributed by atoms with Gasteiger partial charge < -0.3 is 10.1 Å². The van der Waals surface area contributed by atoms with E-state index in [1.165, 1.54) is 16.9 Å². The second kappa shape index (κ2) is 8.43. The summed E-state index contributed by atoms with van der Waals surface area (Å²) in [4.78, 5) is 12.4. The number of rotatable bonds is 7.